The van der Waals surface area contributed by atoms with E-state index in [0.29, 0.717) is 5.56 Å². The van der Waals surface area contributed by atoms with Crippen molar-refractivity contribution in [2.75, 3.05) is 32.1 Å². The van der Waals surface area contributed by atoms with Crippen molar-refractivity contribution < 1.29 is 14.3 Å². The third-order valence-electron chi connectivity index (χ3n) is 3.82. The molecule has 128 valence electrons. The van der Waals surface area contributed by atoms with E-state index in [1.54, 1.807) is 31.4 Å². The van der Waals surface area contributed by atoms with Crippen molar-refractivity contribution in [2.45, 2.75) is 6.10 Å². The number of morpholine rings is 1. The third kappa shape index (κ3) is 4.47. The monoisotopic (exact) mass is 348 g/mol. The highest BCUT2D eigenvalue weighted by Crippen LogP contribution is 2.21. The summed E-state index contributed by atoms with van der Waals surface area (Å²) >= 11 is 0. The van der Waals surface area contributed by atoms with Gasteiger partial charge in [-0.3, -0.25) is 4.79 Å². The number of ether oxygens (including phenoxy) is 2. The number of anilines is 1. The number of hydrogen-bond acceptors (Lipinski definition) is 4. The predicted molar refractivity (Wildman–Crippen MR) is 96.2 cm³/mol. The highest BCUT2D eigenvalue weighted by Gasteiger charge is 2.15. The van der Waals surface area contributed by atoms with Crippen molar-refractivity contribution in [3.63, 3.8) is 0 Å². The molecule has 1 aliphatic heterocycles. The van der Waals surface area contributed by atoms with Crippen LogP contribution >= 0.6 is 12.4 Å². The summed E-state index contributed by atoms with van der Waals surface area (Å²) in [5.74, 6) is 0.586. The van der Waals surface area contributed by atoms with Crippen molar-refractivity contribution in [2.24, 2.45) is 0 Å². The summed E-state index contributed by atoms with van der Waals surface area (Å²) in [5, 5.41) is 6.20. The fourth-order valence-corrected chi connectivity index (χ4v) is 2.51. The molecule has 1 unspecified atom stereocenters. The van der Waals surface area contributed by atoms with Crippen LogP contribution in [-0.2, 0) is 4.74 Å². The van der Waals surface area contributed by atoms with Gasteiger partial charge in [-0.1, -0.05) is 12.1 Å². The summed E-state index contributed by atoms with van der Waals surface area (Å²) in [6, 6.07) is 14.8. The van der Waals surface area contributed by atoms with E-state index in [1.165, 1.54) is 0 Å². The van der Waals surface area contributed by atoms with Crippen molar-refractivity contribution in [1.82, 2.24) is 5.32 Å². The van der Waals surface area contributed by atoms with Gasteiger partial charge in [-0.25, -0.2) is 0 Å². The first kappa shape index (κ1) is 18.3. The largest absolute Gasteiger partial charge is 0.497 e. The molecular formula is C18H21ClN2O3. The zero-order chi connectivity index (χ0) is 16.1. The SMILES string of the molecule is COc1ccc(C(=O)Nc2ccc(C3CNCCO3)cc2)cc1.Cl. The number of rotatable bonds is 4. The van der Waals surface area contributed by atoms with Crippen molar-refractivity contribution in [1.29, 1.82) is 0 Å². The van der Waals surface area contributed by atoms with Crippen LogP contribution in [0.15, 0.2) is 48.5 Å². The molecule has 6 heteroatoms. The summed E-state index contributed by atoms with van der Waals surface area (Å²) in [7, 11) is 1.60. The normalized spacial score (nSPS) is 16.8. The Labute approximate surface area is 147 Å². The van der Waals surface area contributed by atoms with Crippen molar-refractivity contribution in [3.05, 3.63) is 59.7 Å². The summed E-state index contributed by atoms with van der Waals surface area (Å²) < 4.78 is 10.8. The third-order valence-corrected chi connectivity index (χ3v) is 3.82. The van der Waals surface area contributed by atoms with Gasteiger partial charge in [-0.15, -0.1) is 12.4 Å². The molecule has 1 fully saturated rings. The van der Waals surface area contributed by atoms with E-state index in [1.807, 2.05) is 24.3 Å². The summed E-state index contributed by atoms with van der Waals surface area (Å²) in [5.41, 5.74) is 2.47. The highest BCUT2D eigenvalue weighted by atomic mass is 35.5. The van der Waals surface area contributed by atoms with Crippen LogP contribution in [0.5, 0.6) is 5.75 Å². The first-order valence-corrected chi connectivity index (χ1v) is 7.64. The molecule has 1 saturated heterocycles. The number of benzene rings is 2. The van der Waals surface area contributed by atoms with Crippen molar-refractivity contribution in [3.8, 4) is 5.75 Å². The van der Waals surface area contributed by atoms with Gasteiger partial charge in [0.15, 0.2) is 0 Å². The molecule has 1 amide bonds. The van der Waals surface area contributed by atoms with E-state index in [2.05, 4.69) is 10.6 Å². The lowest BCUT2D eigenvalue weighted by Gasteiger charge is -2.24. The van der Waals surface area contributed by atoms with Crippen molar-refractivity contribution >= 4 is 24.0 Å². The minimum Gasteiger partial charge on any atom is -0.497 e. The number of amides is 1. The van der Waals surface area contributed by atoms with Crippen LogP contribution in [0.1, 0.15) is 22.0 Å². The molecule has 0 bridgehead atoms. The molecule has 0 aliphatic carbocycles. The smallest absolute Gasteiger partial charge is 0.255 e. The molecule has 5 nitrogen and oxygen atoms in total. The average molecular weight is 349 g/mol. The number of carbonyl (C=O) groups excluding carboxylic acids is 1. The zero-order valence-corrected chi connectivity index (χ0v) is 14.3. The van der Waals surface area contributed by atoms with Crippen LogP contribution in [0.3, 0.4) is 0 Å². The van der Waals surface area contributed by atoms with Gasteiger partial charge in [-0.05, 0) is 42.0 Å². The van der Waals surface area contributed by atoms with Crippen LogP contribution in [0.4, 0.5) is 5.69 Å². The maximum absolute atomic E-state index is 12.2. The maximum Gasteiger partial charge on any atom is 0.255 e. The standard InChI is InChI=1S/C18H20N2O3.ClH/c1-22-16-8-4-14(5-9-16)18(21)20-15-6-2-13(3-7-15)17-12-19-10-11-23-17;/h2-9,17,19H,10-12H2,1H3,(H,20,21);1H. The van der Waals surface area contributed by atoms with Gasteiger partial charge in [0.25, 0.3) is 5.91 Å². The molecule has 1 atom stereocenters. The molecule has 0 aromatic heterocycles. The van der Waals surface area contributed by atoms with E-state index in [4.69, 9.17) is 9.47 Å². The second-order valence-electron chi connectivity index (χ2n) is 5.37. The Morgan fingerprint density at radius 2 is 1.88 bits per heavy atom. The van der Waals surface area contributed by atoms with Gasteiger partial charge in [0.2, 0.25) is 0 Å². The number of carbonyl (C=O) groups is 1. The van der Waals surface area contributed by atoms with Gasteiger partial charge in [-0.2, -0.15) is 0 Å². The topological polar surface area (TPSA) is 59.6 Å². The van der Waals surface area contributed by atoms with E-state index < -0.39 is 0 Å². The second-order valence-corrected chi connectivity index (χ2v) is 5.37. The van der Waals surface area contributed by atoms with Gasteiger partial charge >= 0.3 is 0 Å². The number of nitrogens with one attached hydrogen (secondary N) is 2. The molecule has 3 rings (SSSR count). The predicted octanol–water partition coefficient (Wildman–Crippen LogP) is 3.03. The second kappa shape index (κ2) is 8.68. The molecule has 24 heavy (non-hydrogen) atoms. The maximum atomic E-state index is 12.2. The first-order chi connectivity index (χ1) is 11.3. The Hall–Kier alpha value is -2.08. The van der Waals surface area contributed by atoms with E-state index in [-0.39, 0.29) is 24.4 Å². The minimum absolute atomic E-state index is 0. The minimum atomic E-state index is -0.143. The van der Waals surface area contributed by atoms with E-state index >= 15 is 0 Å². The Morgan fingerprint density at radius 3 is 2.46 bits per heavy atom. The molecule has 0 radical (unpaired) electrons. The van der Waals surface area contributed by atoms with Gasteiger partial charge < -0.3 is 20.1 Å². The molecule has 0 spiro atoms. The summed E-state index contributed by atoms with van der Waals surface area (Å²) in [6.07, 6.45) is 0.0788. The number of halogens is 1. The number of hydrogen-bond donors (Lipinski definition) is 2. The Morgan fingerprint density at radius 1 is 1.17 bits per heavy atom. The quantitative estimate of drug-likeness (QED) is 0.891. The molecule has 2 aromatic carbocycles. The lowest BCUT2D eigenvalue weighted by Crippen LogP contribution is -2.33. The highest BCUT2D eigenvalue weighted by molar-refractivity contribution is 6.04. The Bertz CT molecular complexity index is 653. The van der Waals surface area contributed by atoms with Crippen LogP contribution in [-0.4, -0.2) is 32.7 Å². The molecule has 1 heterocycles. The fraction of sp³-hybridized carbons (Fsp3) is 0.278. The molecule has 0 saturated carbocycles. The van der Waals surface area contributed by atoms with E-state index in [9.17, 15) is 4.79 Å². The Balaban J connectivity index is 0.00000208. The number of methoxy groups -OCH3 is 1. The molecule has 2 N–H and O–H groups in total. The van der Waals surface area contributed by atoms with Gasteiger partial charge in [0, 0.05) is 24.3 Å². The zero-order valence-electron chi connectivity index (χ0n) is 13.5. The van der Waals surface area contributed by atoms with Gasteiger partial charge in [0.1, 0.15) is 5.75 Å². The average Bonchev–Trinajstić information content (AvgIpc) is 2.63. The van der Waals surface area contributed by atoms with Crippen LogP contribution in [0.2, 0.25) is 0 Å². The van der Waals surface area contributed by atoms with Gasteiger partial charge in [0.05, 0.1) is 19.8 Å². The lowest BCUT2D eigenvalue weighted by molar-refractivity contribution is 0.0277. The first-order valence-electron chi connectivity index (χ1n) is 7.64. The fourth-order valence-electron chi connectivity index (χ4n) is 2.51. The van der Waals surface area contributed by atoms with Crippen LogP contribution in [0, 0.1) is 0 Å². The Kier molecular flexibility index (Phi) is 6.61. The van der Waals surface area contributed by atoms with E-state index in [0.717, 1.165) is 36.7 Å². The molecule has 2 aromatic rings. The molecular weight excluding hydrogens is 328 g/mol. The summed E-state index contributed by atoms with van der Waals surface area (Å²) in [4.78, 5) is 12.2. The van der Waals surface area contributed by atoms with Crippen LogP contribution in [0.25, 0.3) is 0 Å². The molecule has 1 aliphatic rings. The summed E-state index contributed by atoms with van der Waals surface area (Å²) in [6.45, 7) is 2.44. The lowest BCUT2D eigenvalue weighted by atomic mass is 10.1. The van der Waals surface area contributed by atoms with Crippen LogP contribution < -0.4 is 15.4 Å².